The summed E-state index contributed by atoms with van der Waals surface area (Å²) in [5.41, 5.74) is -0.739. The monoisotopic (exact) mass is 632 g/mol. The van der Waals surface area contributed by atoms with Crippen LogP contribution in [0.2, 0.25) is 0 Å². The van der Waals surface area contributed by atoms with Crippen molar-refractivity contribution in [1.82, 2.24) is 19.0 Å². The highest BCUT2D eigenvalue weighted by atomic mass is 19.1. The topological polar surface area (TPSA) is 145 Å². The number of halogens is 1. The van der Waals surface area contributed by atoms with Crippen molar-refractivity contribution in [3.63, 3.8) is 0 Å². The Hall–Kier alpha value is -5.20. The van der Waals surface area contributed by atoms with E-state index >= 15 is 0 Å². The number of amides is 2. The summed E-state index contributed by atoms with van der Waals surface area (Å²) in [5.74, 6) is -0.921. The van der Waals surface area contributed by atoms with Gasteiger partial charge in [0.25, 0.3) is 11.1 Å². The summed E-state index contributed by atoms with van der Waals surface area (Å²) < 4.78 is 23.8. The first-order chi connectivity index (χ1) is 21.7. The van der Waals surface area contributed by atoms with Gasteiger partial charge >= 0.3 is 11.8 Å². The van der Waals surface area contributed by atoms with Crippen LogP contribution < -0.4 is 32.8 Å². The van der Waals surface area contributed by atoms with Crippen LogP contribution in [0.4, 0.5) is 26.4 Å². The number of benzene rings is 2. The number of pyridine rings is 1. The van der Waals surface area contributed by atoms with Crippen molar-refractivity contribution < 1.29 is 18.7 Å². The lowest BCUT2D eigenvalue weighted by Gasteiger charge is -2.21. The van der Waals surface area contributed by atoms with Crippen LogP contribution in [0.1, 0.15) is 57.2 Å². The number of aryl methyl sites for hydroxylation is 2. The number of anilines is 3. The zero-order chi connectivity index (χ0) is 33.5. The Bertz CT molecular complexity index is 2050. The lowest BCUT2D eigenvalue weighted by atomic mass is 10.1. The zero-order valence-corrected chi connectivity index (χ0v) is 26.6. The number of carbonyl (C=O) groups excluding carboxylic acids is 2. The minimum absolute atomic E-state index is 0.0384. The van der Waals surface area contributed by atoms with Gasteiger partial charge in [-0.3, -0.25) is 28.1 Å². The number of aromatic nitrogens is 3. The van der Waals surface area contributed by atoms with E-state index in [1.54, 1.807) is 58.0 Å². The van der Waals surface area contributed by atoms with Crippen LogP contribution >= 0.6 is 0 Å². The number of fused-ring (bicyclic) bond motifs is 1. The normalized spacial score (nSPS) is 13.0. The van der Waals surface area contributed by atoms with Crippen molar-refractivity contribution >= 4 is 40.1 Å². The molecule has 0 spiro atoms. The largest absolute Gasteiger partial charge is 0.444 e. The third-order valence-electron chi connectivity index (χ3n) is 7.54. The first-order valence-corrected chi connectivity index (χ1v) is 15.0. The molecule has 12 nitrogen and oxygen atoms in total. The Labute approximate surface area is 263 Å². The number of hydrogen-bond donors (Lipinski definition) is 3. The van der Waals surface area contributed by atoms with Gasteiger partial charge in [-0.2, -0.15) is 0 Å². The Morgan fingerprint density at radius 3 is 2.39 bits per heavy atom. The maximum absolute atomic E-state index is 15.0. The second-order valence-corrected chi connectivity index (χ2v) is 12.5. The minimum atomic E-state index is -0.673. The van der Waals surface area contributed by atoms with Crippen molar-refractivity contribution in [3.05, 3.63) is 90.6 Å². The zero-order valence-electron chi connectivity index (χ0n) is 26.6. The number of nitrogens with zero attached hydrogens (tertiary/aromatic N) is 3. The molecule has 3 N–H and O–H groups in total. The summed E-state index contributed by atoms with van der Waals surface area (Å²) in [5, 5.41) is 8.29. The lowest BCUT2D eigenvalue weighted by Crippen LogP contribution is -2.41. The Morgan fingerprint density at radius 1 is 1.02 bits per heavy atom. The number of alkyl carbamates (subject to hydrolysis) is 1. The van der Waals surface area contributed by atoms with E-state index in [-0.39, 0.29) is 47.0 Å². The molecular weight excluding hydrogens is 595 g/mol. The summed E-state index contributed by atoms with van der Waals surface area (Å²) in [6.45, 7) is 8.51. The molecule has 5 rings (SSSR count). The fourth-order valence-electron chi connectivity index (χ4n) is 5.24. The second-order valence-electron chi connectivity index (χ2n) is 12.5. The van der Waals surface area contributed by atoms with Gasteiger partial charge in [0.2, 0.25) is 5.91 Å². The second kappa shape index (κ2) is 12.3. The van der Waals surface area contributed by atoms with Crippen LogP contribution in [0.25, 0.3) is 16.6 Å². The Balaban J connectivity index is 1.58. The molecule has 0 bridgehead atoms. The first kappa shape index (κ1) is 32.2. The van der Waals surface area contributed by atoms with Crippen molar-refractivity contribution in [3.8, 4) is 5.69 Å². The summed E-state index contributed by atoms with van der Waals surface area (Å²) >= 11 is 0. The molecule has 0 atom stereocenters. The molecule has 0 aliphatic heterocycles. The van der Waals surface area contributed by atoms with Crippen LogP contribution in [0, 0.1) is 19.7 Å². The van der Waals surface area contributed by atoms with E-state index in [2.05, 4.69) is 16.0 Å². The van der Waals surface area contributed by atoms with Gasteiger partial charge in [-0.1, -0.05) is 12.1 Å². The molecule has 46 heavy (non-hydrogen) atoms. The quantitative estimate of drug-likeness (QED) is 0.259. The molecule has 13 heteroatoms. The van der Waals surface area contributed by atoms with Crippen molar-refractivity contribution in [1.29, 1.82) is 0 Å². The average molecular weight is 633 g/mol. The number of rotatable bonds is 8. The van der Waals surface area contributed by atoms with Gasteiger partial charge in [0.15, 0.2) is 0 Å². The van der Waals surface area contributed by atoms with Gasteiger partial charge in [-0.05, 0) is 83.4 Å². The van der Waals surface area contributed by atoms with E-state index < -0.39 is 40.2 Å². The number of carbonyl (C=O) groups is 2. The smallest absolute Gasteiger partial charge is 0.407 e. The molecule has 1 aliphatic carbocycles. The van der Waals surface area contributed by atoms with Gasteiger partial charge in [-0.25, -0.2) is 14.0 Å². The predicted molar refractivity (Wildman–Crippen MR) is 174 cm³/mol. The number of hydrogen-bond acceptors (Lipinski definition) is 7. The SMILES string of the molecule is Cc1ccc(Nc2c3c(=O)n(C4CC4)c(=O)n(-c4cccc(NC(=O)CCNC(=O)OC(C)(C)C)c4)c3c(C)c(=O)n2C)c(F)c1. The van der Waals surface area contributed by atoms with Crippen LogP contribution in [0.3, 0.4) is 0 Å². The molecule has 2 amide bonds. The maximum atomic E-state index is 15.0. The lowest BCUT2D eigenvalue weighted by molar-refractivity contribution is -0.116. The van der Waals surface area contributed by atoms with Gasteiger partial charge < -0.3 is 20.7 Å². The molecule has 242 valence electrons. The highest BCUT2D eigenvalue weighted by Crippen LogP contribution is 2.34. The fourth-order valence-corrected chi connectivity index (χ4v) is 5.24. The molecule has 1 aliphatic rings. The Morgan fingerprint density at radius 2 is 1.74 bits per heavy atom. The van der Waals surface area contributed by atoms with E-state index in [0.717, 1.165) is 0 Å². The third-order valence-corrected chi connectivity index (χ3v) is 7.54. The average Bonchev–Trinajstić information content (AvgIpc) is 3.80. The van der Waals surface area contributed by atoms with Crippen molar-refractivity contribution in [2.45, 2.75) is 65.5 Å². The van der Waals surface area contributed by atoms with E-state index in [4.69, 9.17) is 4.74 Å². The summed E-state index contributed by atoms with van der Waals surface area (Å²) in [6, 6.07) is 10.7. The van der Waals surface area contributed by atoms with Gasteiger partial charge in [0, 0.05) is 37.3 Å². The fraction of sp³-hybridized carbons (Fsp3) is 0.364. The predicted octanol–water partition coefficient (Wildman–Crippen LogP) is 4.54. The molecule has 1 saturated carbocycles. The molecule has 2 aromatic carbocycles. The molecular formula is C33H37FN6O6. The van der Waals surface area contributed by atoms with E-state index in [1.807, 2.05) is 0 Å². The molecule has 0 unspecified atom stereocenters. The van der Waals surface area contributed by atoms with Gasteiger partial charge in [0.05, 0.1) is 16.9 Å². The standard InChI is InChI=1S/C33H37FN6O6/c1-18-10-13-24(23(34)16-18)37-28-26-27(19(2)29(42)38(28)6)39(32(45)40(30(26)43)21-11-12-21)22-9-7-8-20(17-22)36-25(41)14-15-35-31(44)46-33(3,4)5/h7-10,13,16-17,21,37H,11-12,14-15H2,1-6H3,(H,35,44)(H,36,41). The molecule has 2 aromatic heterocycles. The van der Waals surface area contributed by atoms with E-state index in [9.17, 15) is 28.4 Å². The number of ether oxygens (including phenoxy) is 1. The van der Waals surface area contributed by atoms with E-state index in [1.165, 1.54) is 39.8 Å². The number of nitrogens with one attached hydrogen (secondary N) is 3. The van der Waals surface area contributed by atoms with Crippen LogP contribution in [-0.4, -0.2) is 37.8 Å². The summed E-state index contributed by atoms with van der Waals surface area (Å²) in [6.07, 6.45) is 0.584. The van der Waals surface area contributed by atoms with E-state index in [0.29, 0.717) is 29.8 Å². The molecule has 0 radical (unpaired) electrons. The molecule has 1 fully saturated rings. The van der Waals surface area contributed by atoms with Crippen molar-refractivity contribution in [2.24, 2.45) is 7.05 Å². The first-order valence-electron chi connectivity index (χ1n) is 15.0. The van der Waals surface area contributed by atoms with Gasteiger partial charge in [0.1, 0.15) is 22.6 Å². The third kappa shape index (κ3) is 6.58. The maximum Gasteiger partial charge on any atom is 0.407 e. The highest BCUT2D eigenvalue weighted by molar-refractivity contribution is 5.94. The van der Waals surface area contributed by atoms with Crippen molar-refractivity contribution in [2.75, 3.05) is 17.2 Å². The minimum Gasteiger partial charge on any atom is -0.444 e. The summed E-state index contributed by atoms with van der Waals surface area (Å²) in [4.78, 5) is 66.2. The van der Waals surface area contributed by atoms with Crippen LogP contribution in [0.15, 0.2) is 56.8 Å². The molecule has 0 saturated heterocycles. The summed E-state index contributed by atoms with van der Waals surface area (Å²) in [7, 11) is 1.48. The van der Waals surface area contributed by atoms with Crippen LogP contribution in [0.5, 0.6) is 0 Å². The van der Waals surface area contributed by atoms with Gasteiger partial charge in [-0.15, -0.1) is 0 Å². The highest BCUT2D eigenvalue weighted by Gasteiger charge is 2.31. The Kier molecular flexibility index (Phi) is 8.61. The molecule has 2 heterocycles. The molecule has 4 aromatic rings. The van der Waals surface area contributed by atoms with Crippen LogP contribution in [-0.2, 0) is 16.6 Å².